The van der Waals surface area contributed by atoms with E-state index in [-0.39, 0.29) is 17.2 Å². The van der Waals surface area contributed by atoms with Crippen molar-refractivity contribution < 1.29 is 9.53 Å². The quantitative estimate of drug-likeness (QED) is 0.627. The number of hydrogen-bond acceptors (Lipinski definition) is 5. The zero-order chi connectivity index (χ0) is 19.4. The van der Waals surface area contributed by atoms with Crippen LogP contribution < -0.4 is 10.1 Å². The van der Waals surface area contributed by atoms with Crippen molar-refractivity contribution in [3.63, 3.8) is 0 Å². The van der Waals surface area contributed by atoms with Crippen LogP contribution >= 0.6 is 11.8 Å². The number of nitrogens with zero attached hydrogens (tertiary/aromatic N) is 4. The van der Waals surface area contributed by atoms with Crippen LogP contribution in [0.4, 0.5) is 5.82 Å². The van der Waals surface area contributed by atoms with Gasteiger partial charge in [-0.15, -0.1) is 0 Å². The number of benzene rings is 1. The second-order valence-corrected chi connectivity index (χ2v) is 7.59. The van der Waals surface area contributed by atoms with E-state index in [0.29, 0.717) is 5.82 Å². The first-order valence-corrected chi connectivity index (χ1v) is 9.56. The molecule has 1 atom stereocenters. The highest BCUT2D eigenvalue weighted by atomic mass is 32.2. The Kier molecular flexibility index (Phi) is 5.85. The van der Waals surface area contributed by atoms with Gasteiger partial charge < -0.3 is 10.1 Å². The van der Waals surface area contributed by atoms with Gasteiger partial charge in [0.2, 0.25) is 5.91 Å². The largest absolute Gasteiger partial charge is 0.497 e. The van der Waals surface area contributed by atoms with Gasteiger partial charge in [0.25, 0.3) is 0 Å². The Labute approximate surface area is 162 Å². The van der Waals surface area contributed by atoms with E-state index in [1.54, 1.807) is 30.3 Å². The molecule has 1 aromatic carbocycles. The molecule has 8 heteroatoms. The number of carbonyl (C=O) groups is 1. The summed E-state index contributed by atoms with van der Waals surface area (Å²) in [6, 6.07) is 9.68. The maximum atomic E-state index is 12.6. The van der Waals surface area contributed by atoms with Crippen LogP contribution in [0, 0.1) is 0 Å². The standard InChI is InChI=1S/C19H23N5O2S/c1-13(2)24-17(8-9-21-24)22-18(25)14(3)27-19-20-10-11-23(19)15-6-5-7-16(12-15)26-4/h5-14H,1-4H3,(H,22,25). The Morgan fingerprint density at radius 2 is 2.04 bits per heavy atom. The fourth-order valence-electron chi connectivity index (χ4n) is 2.60. The lowest BCUT2D eigenvalue weighted by atomic mass is 10.3. The van der Waals surface area contributed by atoms with Crippen LogP contribution in [0.1, 0.15) is 26.8 Å². The van der Waals surface area contributed by atoms with Crippen LogP contribution in [0.15, 0.2) is 54.1 Å². The molecule has 1 unspecified atom stereocenters. The summed E-state index contributed by atoms with van der Waals surface area (Å²) in [6.07, 6.45) is 5.28. The van der Waals surface area contributed by atoms with E-state index >= 15 is 0 Å². The van der Waals surface area contributed by atoms with Crippen molar-refractivity contribution in [2.24, 2.45) is 0 Å². The number of imidazole rings is 1. The highest BCUT2D eigenvalue weighted by molar-refractivity contribution is 8.00. The maximum Gasteiger partial charge on any atom is 0.238 e. The van der Waals surface area contributed by atoms with Gasteiger partial charge in [0, 0.05) is 30.6 Å². The molecule has 1 N–H and O–H groups in total. The number of amides is 1. The molecule has 2 heterocycles. The van der Waals surface area contributed by atoms with Crippen molar-refractivity contribution >= 4 is 23.5 Å². The van der Waals surface area contributed by atoms with Crippen molar-refractivity contribution in [2.45, 2.75) is 37.2 Å². The van der Waals surface area contributed by atoms with Gasteiger partial charge in [0.05, 0.1) is 24.2 Å². The molecule has 0 saturated heterocycles. The fourth-order valence-corrected chi connectivity index (χ4v) is 3.48. The molecule has 142 valence electrons. The van der Waals surface area contributed by atoms with Gasteiger partial charge in [-0.2, -0.15) is 5.10 Å². The summed E-state index contributed by atoms with van der Waals surface area (Å²) in [5.41, 5.74) is 0.930. The van der Waals surface area contributed by atoms with Crippen LogP contribution in [0.25, 0.3) is 5.69 Å². The molecule has 3 aromatic rings. The topological polar surface area (TPSA) is 74.0 Å². The summed E-state index contributed by atoms with van der Waals surface area (Å²) in [4.78, 5) is 17.0. The molecule has 1 amide bonds. The molecule has 0 aliphatic heterocycles. The zero-order valence-electron chi connectivity index (χ0n) is 15.8. The minimum Gasteiger partial charge on any atom is -0.497 e. The first kappa shape index (κ1) is 19.0. The number of ether oxygens (including phenoxy) is 1. The molecule has 27 heavy (non-hydrogen) atoms. The van der Waals surface area contributed by atoms with E-state index < -0.39 is 0 Å². The van der Waals surface area contributed by atoms with Crippen molar-refractivity contribution in [2.75, 3.05) is 12.4 Å². The normalized spacial score (nSPS) is 12.2. The molecular formula is C19H23N5O2S. The average Bonchev–Trinajstić information content (AvgIpc) is 3.31. The monoisotopic (exact) mass is 385 g/mol. The summed E-state index contributed by atoms with van der Waals surface area (Å²) < 4.78 is 9.01. The van der Waals surface area contributed by atoms with Gasteiger partial charge in [-0.05, 0) is 32.9 Å². The second-order valence-electron chi connectivity index (χ2n) is 6.29. The van der Waals surface area contributed by atoms with Gasteiger partial charge in [-0.3, -0.25) is 9.36 Å². The van der Waals surface area contributed by atoms with E-state index in [2.05, 4.69) is 15.4 Å². The molecule has 0 fully saturated rings. The lowest BCUT2D eigenvalue weighted by molar-refractivity contribution is -0.115. The molecule has 0 aliphatic rings. The number of nitrogens with one attached hydrogen (secondary N) is 1. The highest BCUT2D eigenvalue weighted by Crippen LogP contribution is 2.27. The van der Waals surface area contributed by atoms with E-state index in [4.69, 9.17) is 4.74 Å². The average molecular weight is 385 g/mol. The van der Waals surface area contributed by atoms with E-state index in [1.165, 1.54) is 11.8 Å². The maximum absolute atomic E-state index is 12.6. The summed E-state index contributed by atoms with van der Waals surface area (Å²) >= 11 is 1.40. The molecule has 0 saturated carbocycles. The van der Waals surface area contributed by atoms with Gasteiger partial charge in [-0.1, -0.05) is 17.8 Å². The summed E-state index contributed by atoms with van der Waals surface area (Å²) in [5, 5.41) is 7.60. The molecule has 0 radical (unpaired) electrons. The van der Waals surface area contributed by atoms with Gasteiger partial charge in [-0.25, -0.2) is 9.67 Å². The van der Waals surface area contributed by atoms with Gasteiger partial charge in [0.15, 0.2) is 5.16 Å². The lowest BCUT2D eigenvalue weighted by Crippen LogP contribution is -2.25. The molecular weight excluding hydrogens is 362 g/mol. The van der Waals surface area contributed by atoms with Crippen LogP contribution in [0.2, 0.25) is 0 Å². The number of methoxy groups -OCH3 is 1. The summed E-state index contributed by atoms with van der Waals surface area (Å²) in [5.74, 6) is 1.37. The molecule has 3 rings (SSSR count). The van der Waals surface area contributed by atoms with Crippen molar-refractivity contribution in [3.8, 4) is 11.4 Å². The summed E-state index contributed by atoms with van der Waals surface area (Å²) in [6.45, 7) is 5.90. The van der Waals surface area contributed by atoms with Gasteiger partial charge in [0.1, 0.15) is 11.6 Å². The first-order valence-electron chi connectivity index (χ1n) is 8.68. The van der Waals surface area contributed by atoms with Crippen LogP contribution in [-0.4, -0.2) is 37.6 Å². The van der Waals surface area contributed by atoms with Gasteiger partial charge >= 0.3 is 0 Å². The molecule has 7 nitrogen and oxygen atoms in total. The number of anilines is 1. The van der Waals surface area contributed by atoms with Crippen LogP contribution in [-0.2, 0) is 4.79 Å². The highest BCUT2D eigenvalue weighted by Gasteiger charge is 2.19. The van der Waals surface area contributed by atoms with Crippen LogP contribution in [0.5, 0.6) is 5.75 Å². The zero-order valence-corrected chi connectivity index (χ0v) is 16.6. The Hall–Kier alpha value is -2.74. The molecule has 0 bridgehead atoms. The third-order valence-electron chi connectivity index (χ3n) is 4.00. The van der Waals surface area contributed by atoms with E-state index in [1.807, 2.05) is 55.8 Å². The Morgan fingerprint density at radius 3 is 2.78 bits per heavy atom. The van der Waals surface area contributed by atoms with Crippen LogP contribution in [0.3, 0.4) is 0 Å². The smallest absolute Gasteiger partial charge is 0.238 e. The lowest BCUT2D eigenvalue weighted by Gasteiger charge is -2.15. The SMILES string of the molecule is COc1cccc(-n2ccnc2SC(C)C(=O)Nc2ccnn2C(C)C)c1. The number of aromatic nitrogens is 4. The summed E-state index contributed by atoms with van der Waals surface area (Å²) in [7, 11) is 1.64. The Morgan fingerprint density at radius 1 is 1.22 bits per heavy atom. The Balaban J connectivity index is 1.73. The minimum absolute atomic E-state index is 0.0948. The third-order valence-corrected chi connectivity index (χ3v) is 5.08. The third kappa shape index (κ3) is 4.33. The number of hydrogen-bond donors (Lipinski definition) is 1. The molecule has 0 spiro atoms. The van der Waals surface area contributed by atoms with E-state index in [9.17, 15) is 4.79 Å². The molecule has 0 aliphatic carbocycles. The van der Waals surface area contributed by atoms with Crippen molar-refractivity contribution in [1.29, 1.82) is 0 Å². The predicted molar refractivity (Wildman–Crippen MR) is 107 cm³/mol. The molecule has 2 aromatic heterocycles. The van der Waals surface area contributed by atoms with Crippen molar-refractivity contribution in [3.05, 3.63) is 48.9 Å². The number of thioether (sulfide) groups is 1. The second kappa shape index (κ2) is 8.30. The van der Waals surface area contributed by atoms with Crippen molar-refractivity contribution in [1.82, 2.24) is 19.3 Å². The first-order chi connectivity index (χ1) is 13.0. The number of carbonyl (C=O) groups excluding carboxylic acids is 1. The van der Waals surface area contributed by atoms with E-state index in [0.717, 1.165) is 16.6 Å². The minimum atomic E-state index is -0.327. The predicted octanol–water partition coefficient (Wildman–Crippen LogP) is 3.78. The number of rotatable bonds is 7. The Bertz CT molecular complexity index is 918. The fraction of sp³-hybridized carbons (Fsp3) is 0.316.